The summed E-state index contributed by atoms with van der Waals surface area (Å²) >= 11 is 0. The first kappa shape index (κ1) is 37.8. The number of hydrogen-bond acceptors (Lipinski definition) is 9. The molecule has 0 saturated carbocycles. The first-order valence-corrected chi connectivity index (χ1v) is 15.5. The van der Waals surface area contributed by atoms with E-state index in [1.165, 1.54) is 6.33 Å². The molecule has 0 radical (unpaired) electrons. The zero-order valence-corrected chi connectivity index (χ0v) is 28.2. The van der Waals surface area contributed by atoms with Crippen molar-refractivity contribution in [2.24, 2.45) is 5.92 Å². The van der Waals surface area contributed by atoms with Crippen LogP contribution in [0, 0.1) is 5.92 Å². The fraction of sp³-hybridized carbons (Fsp3) is 0.576. The van der Waals surface area contributed by atoms with Crippen LogP contribution in [-0.2, 0) is 30.4 Å². The number of ether oxygens (including phenoxy) is 3. The van der Waals surface area contributed by atoms with Gasteiger partial charge in [-0.25, -0.2) is 19.4 Å². The van der Waals surface area contributed by atoms with Crippen LogP contribution in [0.2, 0.25) is 0 Å². The number of unbranched alkanes of at least 4 members (excludes halogenated alkanes) is 1. The molecule has 13 nitrogen and oxygen atoms in total. The molecule has 0 unspecified atom stereocenters. The average molecular weight is 644 g/mol. The first-order chi connectivity index (χ1) is 21.4. The lowest BCUT2D eigenvalue weighted by molar-refractivity contribution is -0.157. The summed E-state index contributed by atoms with van der Waals surface area (Å²) in [7, 11) is 0. The minimum absolute atomic E-state index is 0.0450. The second-order valence-electron chi connectivity index (χ2n) is 13.4. The van der Waals surface area contributed by atoms with Crippen molar-refractivity contribution in [2.45, 2.75) is 111 Å². The normalized spacial score (nSPS) is 12.9. The summed E-state index contributed by atoms with van der Waals surface area (Å²) in [4.78, 5) is 71.1. The molecule has 0 aliphatic heterocycles. The van der Waals surface area contributed by atoms with Gasteiger partial charge in [0.25, 0.3) is 11.8 Å². The Bertz CT molecular complexity index is 1310. The Balaban J connectivity index is 2.08. The number of benzene rings is 1. The Morgan fingerprint density at radius 3 is 2.07 bits per heavy atom. The summed E-state index contributed by atoms with van der Waals surface area (Å²) < 4.78 is 16.2. The van der Waals surface area contributed by atoms with Gasteiger partial charge in [0.15, 0.2) is 5.69 Å². The van der Waals surface area contributed by atoms with Crippen molar-refractivity contribution in [1.29, 1.82) is 0 Å². The minimum atomic E-state index is -1.05. The molecule has 2 aromatic rings. The predicted molar refractivity (Wildman–Crippen MR) is 171 cm³/mol. The summed E-state index contributed by atoms with van der Waals surface area (Å²) in [5.74, 6) is -2.72. The van der Waals surface area contributed by atoms with Crippen LogP contribution in [0.3, 0.4) is 0 Å². The van der Waals surface area contributed by atoms with E-state index in [1.807, 2.05) is 44.2 Å². The van der Waals surface area contributed by atoms with Crippen molar-refractivity contribution in [3.8, 4) is 0 Å². The van der Waals surface area contributed by atoms with Gasteiger partial charge in [0.2, 0.25) is 0 Å². The third-order valence-electron chi connectivity index (χ3n) is 6.19. The molecule has 0 aliphatic carbocycles. The molecule has 1 aromatic carbocycles. The van der Waals surface area contributed by atoms with Gasteiger partial charge >= 0.3 is 18.0 Å². The smallest absolute Gasteiger partial charge is 0.407 e. The Morgan fingerprint density at radius 2 is 1.46 bits per heavy atom. The fourth-order valence-corrected chi connectivity index (χ4v) is 4.21. The number of aromatic nitrogens is 2. The van der Waals surface area contributed by atoms with E-state index in [2.05, 4.69) is 25.9 Å². The van der Waals surface area contributed by atoms with E-state index in [0.717, 1.165) is 5.56 Å². The van der Waals surface area contributed by atoms with E-state index in [-0.39, 0.29) is 30.3 Å². The van der Waals surface area contributed by atoms with Gasteiger partial charge in [-0.1, -0.05) is 44.2 Å². The third kappa shape index (κ3) is 14.1. The van der Waals surface area contributed by atoms with Crippen LogP contribution in [0.25, 0.3) is 0 Å². The highest BCUT2D eigenvalue weighted by Crippen LogP contribution is 2.14. The molecule has 254 valence electrons. The second kappa shape index (κ2) is 17.3. The highest BCUT2D eigenvalue weighted by Gasteiger charge is 2.31. The highest BCUT2D eigenvalue weighted by atomic mass is 16.6. The number of nitrogens with one attached hydrogen (secondary N) is 4. The van der Waals surface area contributed by atoms with Gasteiger partial charge in [-0.2, -0.15) is 0 Å². The molecule has 13 heteroatoms. The molecule has 4 N–H and O–H groups in total. The zero-order chi connectivity index (χ0) is 34.5. The fourth-order valence-electron chi connectivity index (χ4n) is 4.21. The van der Waals surface area contributed by atoms with Crippen LogP contribution in [0.15, 0.2) is 36.7 Å². The lowest BCUT2D eigenvalue weighted by Crippen LogP contribution is -2.46. The Hall–Kier alpha value is -4.42. The van der Waals surface area contributed by atoms with Crippen LogP contribution < -0.4 is 16.0 Å². The Kier molecular flexibility index (Phi) is 14.2. The molecule has 0 aliphatic rings. The first-order valence-electron chi connectivity index (χ1n) is 15.5. The topological polar surface area (TPSA) is 178 Å². The molecule has 0 bridgehead atoms. The molecular formula is C33H49N5O8. The van der Waals surface area contributed by atoms with Gasteiger partial charge < -0.3 is 35.1 Å². The monoisotopic (exact) mass is 643 g/mol. The largest absolute Gasteiger partial charge is 0.459 e. The van der Waals surface area contributed by atoms with E-state index in [4.69, 9.17) is 14.2 Å². The summed E-state index contributed by atoms with van der Waals surface area (Å²) in [6.07, 6.45) is 2.10. The quantitative estimate of drug-likeness (QED) is 0.124. The summed E-state index contributed by atoms with van der Waals surface area (Å²) in [5, 5.41) is 7.95. The number of nitrogens with zero attached hydrogens (tertiary/aromatic N) is 1. The number of carbonyl (C=O) groups is 5. The molecule has 0 saturated heterocycles. The Labute approximate surface area is 270 Å². The van der Waals surface area contributed by atoms with E-state index < -0.39 is 53.1 Å². The lowest BCUT2D eigenvalue weighted by atomic mass is 10.0. The van der Waals surface area contributed by atoms with Gasteiger partial charge in [-0.05, 0) is 78.7 Å². The maximum absolute atomic E-state index is 13.3. The van der Waals surface area contributed by atoms with E-state index >= 15 is 0 Å². The zero-order valence-electron chi connectivity index (χ0n) is 28.2. The van der Waals surface area contributed by atoms with Crippen molar-refractivity contribution in [2.75, 3.05) is 6.54 Å². The van der Waals surface area contributed by atoms with E-state index in [1.54, 1.807) is 41.5 Å². The number of imidazole rings is 1. The van der Waals surface area contributed by atoms with Crippen molar-refractivity contribution in [1.82, 2.24) is 25.9 Å². The van der Waals surface area contributed by atoms with Crippen LogP contribution in [-0.4, -0.2) is 69.6 Å². The molecule has 1 heterocycles. The van der Waals surface area contributed by atoms with Crippen LogP contribution >= 0.6 is 0 Å². The lowest BCUT2D eigenvalue weighted by Gasteiger charge is -2.24. The number of H-pyrrole nitrogens is 1. The summed E-state index contributed by atoms with van der Waals surface area (Å²) in [6, 6.07) is 7.14. The molecule has 2 rings (SSSR count). The maximum Gasteiger partial charge on any atom is 0.407 e. The highest BCUT2D eigenvalue weighted by molar-refractivity contribution is 6.06. The third-order valence-corrected chi connectivity index (χ3v) is 6.19. The van der Waals surface area contributed by atoms with Gasteiger partial charge in [-0.15, -0.1) is 0 Å². The average Bonchev–Trinajstić information content (AvgIpc) is 3.43. The van der Waals surface area contributed by atoms with Gasteiger partial charge in [0.1, 0.15) is 35.6 Å². The van der Waals surface area contributed by atoms with Crippen LogP contribution in [0.4, 0.5) is 4.79 Å². The number of carbonyl (C=O) groups excluding carboxylic acids is 5. The van der Waals surface area contributed by atoms with Crippen molar-refractivity contribution >= 4 is 29.8 Å². The summed E-state index contributed by atoms with van der Waals surface area (Å²) in [5.41, 5.74) is -1.06. The predicted octanol–water partition coefficient (Wildman–Crippen LogP) is 4.43. The van der Waals surface area contributed by atoms with Gasteiger partial charge in [0.05, 0.1) is 6.33 Å². The second-order valence-corrected chi connectivity index (χ2v) is 13.4. The molecule has 0 fully saturated rings. The molecule has 1 aromatic heterocycles. The van der Waals surface area contributed by atoms with Crippen molar-refractivity contribution in [3.63, 3.8) is 0 Å². The van der Waals surface area contributed by atoms with Gasteiger partial charge in [0, 0.05) is 6.54 Å². The SMILES string of the molecule is CC(C)C[C@H](NC(=O)c1nc[nH]c1C(=O)N[C@@H](CCCCNC(=O)OC(C)(C)C)C(=O)OC(C)(C)C)C(=O)OCc1ccccc1. The number of aromatic amines is 1. The molecular weight excluding hydrogens is 594 g/mol. The Morgan fingerprint density at radius 1 is 0.826 bits per heavy atom. The summed E-state index contributed by atoms with van der Waals surface area (Å²) in [6.45, 7) is 14.6. The standard InChI is InChI=1S/C33H49N5O8/c1-21(2)18-24(29(41)44-19-22-14-10-9-11-15-22)38-28(40)26-25(35-20-36-26)27(39)37-23(30(42)45-32(3,4)5)16-12-13-17-34-31(43)46-33(6,7)8/h9-11,14-15,20-21,23-24H,12-13,16-19H2,1-8H3,(H,34,43)(H,35,36)(H,37,39)(H,38,40)/t23-,24-/m0/s1. The van der Waals surface area contributed by atoms with E-state index in [0.29, 0.717) is 25.8 Å². The molecule has 2 atom stereocenters. The number of amides is 3. The van der Waals surface area contributed by atoms with Crippen molar-refractivity contribution < 1.29 is 38.2 Å². The maximum atomic E-state index is 13.3. The number of rotatable bonds is 15. The van der Waals surface area contributed by atoms with Gasteiger partial charge in [-0.3, -0.25) is 9.59 Å². The molecule has 3 amide bonds. The van der Waals surface area contributed by atoms with Crippen LogP contribution in [0.5, 0.6) is 0 Å². The number of hydrogen-bond donors (Lipinski definition) is 4. The number of esters is 2. The molecule has 0 spiro atoms. The van der Waals surface area contributed by atoms with E-state index in [9.17, 15) is 24.0 Å². The molecule has 46 heavy (non-hydrogen) atoms. The number of alkyl carbamates (subject to hydrolysis) is 1. The van der Waals surface area contributed by atoms with Crippen molar-refractivity contribution in [3.05, 3.63) is 53.6 Å². The van der Waals surface area contributed by atoms with Crippen LogP contribution in [0.1, 0.15) is 108 Å². The minimum Gasteiger partial charge on any atom is -0.459 e.